The van der Waals surface area contributed by atoms with Gasteiger partial charge in [-0.2, -0.15) is 0 Å². The van der Waals surface area contributed by atoms with Gasteiger partial charge in [0.25, 0.3) is 0 Å². The lowest BCUT2D eigenvalue weighted by Crippen LogP contribution is -2.30. The number of sulfonamides is 1. The molecule has 0 saturated heterocycles. The Bertz CT molecular complexity index is 1200. The van der Waals surface area contributed by atoms with E-state index in [9.17, 15) is 17.6 Å². The number of anilines is 2. The Balaban J connectivity index is 1.73. The second kappa shape index (κ2) is 10.1. The van der Waals surface area contributed by atoms with Gasteiger partial charge in [0.2, 0.25) is 15.9 Å². The van der Waals surface area contributed by atoms with Crippen LogP contribution in [0.25, 0.3) is 0 Å². The van der Waals surface area contributed by atoms with Gasteiger partial charge in [0.05, 0.1) is 24.2 Å². The van der Waals surface area contributed by atoms with E-state index >= 15 is 0 Å². The molecule has 1 amide bonds. The van der Waals surface area contributed by atoms with Crippen molar-refractivity contribution in [2.45, 2.75) is 32.1 Å². The fourth-order valence-corrected chi connectivity index (χ4v) is 4.72. The zero-order valence-electron chi connectivity index (χ0n) is 17.9. The average Bonchev–Trinajstić information content (AvgIpc) is 3.15. The molecule has 0 spiro atoms. The lowest BCUT2D eigenvalue weighted by molar-refractivity contribution is -0.113. The second-order valence-corrected chi connectivity index (χ2v) is 9.85. The Labute approximate surface area is 190 Å². The molecule has 1 N–H and O–H groups in total. The number of carbonyl (C=O) groups is 1. The Morgan fingerprint density at radius 1 is 1.16 bits per heavy atom. The molecule has 11 heteroatoms. The molecule has 0 fully saturated rings. The summed E-state index contributed by atoms with van der Waals surface area (Å²) < 4.78 is 41.4. The molecule has 0 aliphatic rings. The molecule has 1 heterocycles. The minimum Gasteiger partial charge on any atom is -0.325 e. The highest BCUT2D eigenvalue weighted by molar-refractivity contribution is 7.99. The van der Waals surface area contributed by atoms with E-state index in [1.54, 1.807) is 41.8 Å². The van der Waals surface area contributed by atoms with E-state index in [1.807, 2.05) is 13.0 Å². The van der Waals surface area contributed by atoms with Crippen molar-refractivity contribution in [2.75, 3.05) is 21.6 Å². The molecule has 170 valence electrons. The van der Waals surface area contributed by atoms with Crippen LogP contribution >= 0.6 is 11.8 Å². The molecular weight excluding hydrogens is 453 g/mol. The zero-order chi connectivity index (χ0) is 23.3. The van der Waals surface area contributed by atoms with Crippen LogP contribution in [-0.4, -0.2) is 41.1 Å². The molecule has 2 aromatic carbocycles. The molecule has 0 atom stereocenters. The molecule has 0 unspecified atom stereocenters. The van der Waals surface area contributed by atoms with Gasteiger partial charge in [0.15, 0.2) is 11.0 Å². The van der Waals surface area contributed by atoms with Crippen LogP contribution in [0.4, 0.5) is 15.8 Å². The van der Waals surface area contributed by atoms with E-state index in [1.165, 1.54) is 28.2 Å². The molecule has 0 radical (unpaired) electrons. The van der Waals surface area contributed by atoms with Crippen LogP contribution in [0.3, 0.4) is 0 Å². The number of nitrogens with zero attached hydrogens (tertiary/aromatic N) is 4. The first-order chi connectivity index (χ1) is 15.2. The summed E-state index contributed by atoms with van der Waals surface area (Å²) in [5, 5.41) is 11.5. The Morgan fingerprint density at radius 2 is 1.88 bits per heavy atom. The molecule has 1 aromatic heterocycles. The summed E-state index contributed by atoms with van der Waals surface area (Å²) in [7, 11) is -3.55. The van der Waals surface area contributed by atoms with Crippen molar-refractivity contribution < 1.29 is 17.6 Å². The highest BCUT2D eigenvalue weighted by atomic mass is 32.2. The van der Waals surface area contributed by atoms with Crippen molar-refractivity contribution in [3.05, 3.63) is 65.7 Å². The summed E-state index contributed by atoms with van der Waals surface area (Å²) in [6, 6.07) is 13.3. The topological polar surface area (TPSA) is 97.2 Å². The lowest BCUT2D eigenvalue weighted by atomic mass is 10.2. The standard InChI is InChI=1S/C21H24FN5O3S2/c1-4-26-19(13-27(32(3,29)30)16-9-6-5-7-10-16)24-25-21(26)31-14-20(28)23-18-12-8-11-17(22)15(18)2/h5-12H,4,13-14H2,1-3H3,(H,23,28). The van der Waals surface area contributed by atoms with Crippen molar-refractivity contribution in [1.29, 1.82) is 0 Å². The zero-order valence-corrected chi connectivity index (χ0v) is 19.6. The Kier molecular flexibility index (Phi) is 7.52. The largest absolute Gasteiger partial charge is 0.325 e. The van der Waals surface area contributed by atoms with Gasteiger partial charge >= 0.3 is 0 Å². The molecule has 0 aliphatic carbocycles. The third kappa shape index (κ3) is 5.65. The molecule has 0 bridgehead atoms. The molecular formula is C21H24FN5O3S2. The number of benzene rings is 2. The first-order valence-corrected chi connectivity index (χ1v) is 12.7. The van der Waals surface area contributed by atoms with Crippen LogP contribution in [0, 0.1) is 12.7 Å². The Morgan fingerprint density at radius 3 is 2.53 bits per heavy atom. The third-order valence-corrected chi connectivity index (χ3v) is 6.82. The molecule has 3 rings (SSSR count). The number of amides is 1. The van der Waals surface area contributed by atoms with Gasteiger partial charge in [-0.3, -0.25) is 9.10 Å². The van der Waals surface area contributed by atoms with Gasteiger partial charge in [-0.1, -0.05) is 36.0 Å². The highest BCUT2D eigenvalue weighted by Gasteiger charge is 2.22. The fraction of sp³-hybridized carbons (Fsp3) is 0.286. The van der Waals surface area contributed by atoms with Crippen molar-refractivity contribution >= 4 is 39.1 Å². The Hall–Kier alpha value is -2.92. The van der Waals surface area contributed by atoms with Crippen LogP contribution in [0.2, 0.25) is 0 Å². The van der Waals surface area contributed by atoms with Crippen LogP contribution in [0.5, 0.6) is 0 Å². The maximum absolute atomic E-state index is 13.7. The van der Waals surface area contributed by atoms with E-state index in [2.05, 4.69) is 15.5 Å². The van der Waals surface area contributed by atoms with Gasteiger partial charge in [0, 0.05) is 17.8 Å². The molecule has 8 nitrogen and oxygen atoms in total. The first-order valence-electron chi connectivity index (χ1n) is 9.83. The molecule has 0 saturated carbocycles. The van der Waals surface area contributed by atoms with Crippen molar-refractivity contribution in [2.24, 2.45) is 0 Å². The molecule has 3 aromatic rings. The van der Waals surface area contributed by atoms with Crippen molar-refractivity contribution in [1.82, 2.24) is 14.8 Å². The first kappa shape index (κ1) is 23.7. The number of carbonyl (C=O) groups excluding carboxylic acids is 1. The second-order valence-electron chi connectivity index (χ2n) is 7.00. The molecule has 32 heavy (non-hydrogen) atoms. The molecule has 0 aliphatic heterocycles. The highest BCUT2D eigenvalue weighted by Crippen LogP contribution is 2.23. The fourth-order valence-electron chi connectivity index (χ4n) is 3.04. The van der Waals surface area contributed by atoms with Crippen LogP contribution < -0.4 is 9.62 Å². The van der Waals surface area contributed by atoms with Gasteiger partial charge in [0.1, 0.15) is 5.82 Å². The van der Waals surface area contributed by atoms with Crippen LogP contribution in [0.1, 0.15) is 18.3 Å². The SMILES string of the molecule is CCn1c(CN(c2ccccc2)S(C)(=O)=O)nnc1SCC(=O)Nc1cccc(F)c1C. The van der Waals surface area contributed by atoms with Gasteiger partial charge in [-0.15, -0.1) is 10.2 Å². The van der Waals surface area contributed by atoms with E-state index in [-0.39, 0.29) is 24.0 Å². The predicted octanol–water partition coefficient (Wildman–Crippen LogP) is 3.44. The van der Waals surface area contributed by atoms with Gasteiger partial charge in [-0.25, -0.2) is 12.8 Å². The van der Waals surface area contributed by atoms with Gasteiger partial charge in [-0.05, 0) is 38.1 Å². The summed E-state index contributed by atoms with van der Waals surface area (Å²) in [5.41, 5.74) is 1.31. The average molecular weight is 478 g/mol. The number of aromatic nitrogens is 3. The number of halogens is 1. The lowest BCUT2D eigenvalue weighted by Gasteiger charge is -2.22. The van der Waals surface area contributed by atoms with Gasteiger partial charge < -0.3 is 9.88 Å². The maximum atomic E-state index is 13.7. The predicted molar refractivity (Wildman–Crippen MR) is 124 cm³/mol. The minimum absolute atomic E-state index is 0.0128. The van der Waals surface area contributed by atoms with Crippen molar-refractivity contribution in [3.63, 3.8) is 0 Å². The van der Waals surface area contributed by atoms with E-state index in [4.69, 9.17) is 0 Å². The summed E-state index contributed by atoms with van der Waals surface area (Å²) >= 11 is 1.18. The number of hydrogen-bond acceptors (Lipinski definition) is 6. The number of nitrogens with one attached hydrogen (secondary N) is 1. The van der Waals surface area contributed by atoms with Crippen LogP contribution in [-0.2, 0) is 27.9 Å². The third-order valence-electron chi connectivity index (χ3n) is 4.71. The summed E-state index contributed by atoms with van der Waals surface area (Å²) in [6.45, 7) is 4.00. The quantitative estimate of drug-likeness (QED) is 0.474. The van der Waals surface area contributed by atoms with Crippen LogP contribution in [0.15, 0.2) is 53.7 Å². The summed E-state index contributed by atoms with van der Waals surface area (Å²) in [5.74, 6) is -0.189. The van der Waals surface area contributed by atoms with E-state index in [0.717, 1.165) is 6.26 Å². The number of rotatable bonds is 9. The van der Waals surface area contributed by atoms with Crippen molar-refractivity contribution in [3.8, 4) is 0 Å². The monoisotopic (exact) mass is 477 g/mol. The number of para-hydroxylation sites is 1. The number of hydrogen-bond donors (Lipinski definition) is 1. The summed E-state index contributed by atoms with van der Waals surface area (Å²) in [6.07, 6.45) is 1.14. The van der Waals surface area contributed by atoms with E-state index in [0.29, 0.717) is 34.5 Å². The number of thioether (sulfide) groups is 1. The minimum atomic E-state index is -3.55. The maximum Gasteiger partial charge on any atom is 0.234 e. The smallest absolute Gasteiger partial charge is 0.234 e. The summed E-state index contributed by atoms with van der Waals surface area (Å²) in [4.78, 5) is 12.4. The normalized spacial score (nSPS) is 11.4. The van der Waals surface area contributed by atoms with E-state index < -0.39 is 10.0 Å².